The molecule has 10 nitrogen and oxygen atoms in total. The van der Waals surface area contributed by atoms with Crippen molar-refractivity contribution in [1.29, 1.82) is 0 Å². The van der Waals surface area contributed by atoms with E-state index in [0.29, 0.717) is 5.56 Å². The zero-order valence-corrected chi connectivity index (χ0v) is 13.4. The molecule has 10 heteroatoms. The second-order valence-corrected chi connectivity index (χ2v) is 5.26. The molecule has 1 aromatic rings. The van der Waals surface area contributed by atoms with Crippen LogP contribution in [0.3, 0.4) is 0 Å². The van der Waals surface area contributed by atoms with Gasteiger partial charge in [0.25, 0.3) is 0 Å². The molecule has 25 heavy (non-hydrogen) atoms. The maximum Gasteiger partial charge on any atom is 0.323 e. The number of carbonyl (C=O) groups is 4. The summed E-state index contributed by atoms with van der Waals surface area (Å²) in [6, 6.07) is 4.41. The van der Waals surface area contributed by atoms with Crippen LogP contribution in [-0.2, 0) is 19.2 Å². The first-order valence-electron chi connectivity index (χ1n) is 7.08. The van der Waals surface area contributed by atoms with Gasteiger partial charge in [0.15, 0.2) is 0 Å². The van der Waals surface area contributed by atoms with Crippen molar-refractivity contribution in [2.24, 2.45) is 0 Å². The van der Waals surface area contributed by atoms with Crippen molar-refractivity contribution >= 4 is 35.3 Å². The third kappa shape index (κ3) is 6.37. The van der Waals surface area contributed by atoms with Crippen molar-refractivity contribution < 1.29 is 39.6 Å². The van der Waals surface area contributed by atoms with Crippen molar-refractivity contribution in [2.75, 3.05) is 36.0 Å². The highest BCUT2D eigenvalue weighted by Gasteiger charge is 2.20. The Labute approximate surface area is 142 Å². The average Bonchev–Trinajstić information content (AvgIpc) is 2.44. The highest BCUT2D eigenvalue weighted by molar-refractivity contribution is 5.83. The molecule has 0 amide bonds. The molecular formula is C15H18N2O8. The molecule has 4 N–H and O–H groups in total. The van der Waals surface area contributed by atoms with E-state index in [4.69, 9.17) is 20.4 Å². The zero-order chi connectivity index (χ0) is 19.1. The quantitative estimate of drug-likeness (QED) is 0.449. The lowest BCUT2D eigenvalue weighted by atomic mass is 10.1. The minimum Gasteiger partial charge on any atom is -0.480 e. The minimum atomic E-state index is -1.24. The van der Waals surface area contributed by atoms with Gasteiger partial charge in [0.05, 0.1) is 0 Å². The third-order valence-electron chi connectivity index (χ3n) is 3.20. The maximum absolute atomic E-state index is 11.0. The number of carboxylic acids is 4. The lowest BCUT2D eigenvalue weighted by molar-refractivity contribution is -0.138. The molecule has 0 aliphatic rings. The molecule has 0 aliphatic carbocycles. The lowest BCUT2D eigenvalue weighted by Gasteiger charge is -2.26. The summed E-state index contributed by atoms with van der Waals surface area (Å²) in [4.78, 5) is 46.0. The smallest absolute Gasteiger partial charge is 0.323 e. The summed E-state index contributed by atoms with van der Waals surface area (Å²) in [7, 11) is 0. The molecule has 0 saturated carbocycles. The van der Waals surface area contributed by atoms with Gasteiger partial charge in [-0.25, -0.2) is 0 Å². The van der Waals surface area contributed by atoms with Crippen molar-refractivity contribution in [3.63, 3.8) is 0 Å². The number of benzene rings is 1. The second-order valence-electron chi connectivity index (χ2n) is 5.26. The van der Waals surface area contributed by atoms with Crippen LogP contribution in [0.15, 0.2) is 18.2 Å². The second kappa shape index (κ2) is 8.52. The predicted octanol–water partition coefficient (Wildman–Crippen LogP) is -0.0538. The molecule has 0 aliphatic heterocycles. The number of carboxylic acid groups (broad SMARTS) is 4. The maximum atomic E-state index is 11.0. The average molecular weight is 354 g/mol. The van der Waals surface area contributed by atoms with Gasteiger partial charge in [0, 0.05) is 11.4 Å². The van der Waals surface area contributed by atoms with Gasteiger partial charge >= 0.3 is 23.9 Å². The first-order chi connectivity index (χ1) is 11.6. The Hall–Kier alpha value is -3.30. The fourth-order valence-corrected chi connectivity index (χ4v) is 2.25. The number of aliphatic carboxylic acids is 4. The molecular weight excluding hydrogens is 336 g/mol. The summed E-state index contributed by atoms with van der Waals surface area (Å²) < 4.78 is 0. The molecule has 0 bridgehead atoms. The van der Waals surface area contributed by atoms with Crippen LogP contribution in [0.25, 0.3) is 0 Å². The summed E-state index contributed by atoms with van der Waals surface area (Å²) in [5.41, 5.74) is 1.06. The van der Waals surface area contributed by atoms with E-state index in [1.165, 1.54) is 18.2 Å². The molecule has 1 aromatic carbocycles. The van der Waals surface area contributed by atoms with Crippen LogP contribution in [-0.4, -0.2) is 70.5 Å². The van der Waals surface area contributed by atoms with E-state index in [1.807, 2.05) is 0 Å². The predicted molar refractivity (Wildman–Crippen MR) is 86.1 cm³/mol. The number of hydrogen-bond acceptors (Lipinski definition) is 6. The van der Waals surface area contributed by atoms with Crippen molar-refractivity contribution in [3.8, 4) is 0 Å². The summed E-state index contributed by atoms with van der Waals surface area (Å²) in [6.07, 6.45) is 0. The summed E-state index contributed by atoms with van der Waals surface area (Å²) >= 11 is 0. The lowest BCUT2D eigenvalue weighted by Crippen LogP contribution is -2.36. The number of aryl methyl sites for hydroxylation is 1. The highest BCUT2D eigenvalue weighted by Crippen LogP contribution is 2.26. The number of hydrogen-bond donors (Lipinski definition) is 4. The molecule has 0 fully saturated rings. The fraction of sp³-hybridized carbons (Fsp3) is 0.333. The van der Waals surface area contributed by atoms with Crippen LogP contribution >= 0.6 is 0 Å². The van der Waals surface area contributed by atoms with Crippen LogP contribution in [0.1, 0.15) is 5.56 Å². The van der Waals surface area contributed by atoms with Gasteiger partial charge in [-0.1, -0.05) is 6.07 Å². The van der Waals surface area contributed by atoms with E-state index in [9.17, 15) is 19.2 Å². The number of rotatable bonds is 10. The van der Waals surface area contributed by atoms with E-state index in [1.54, 1.807) is 6.92 Å². The van der Waals surface area contributed by atoms with Gasteiger partial charge in [-0.15, -0.1) is 0 Å². The van der Waals surface area contributed by atoms with Crippen LogP contribution in [0.5, 0.6) is 0 Å². The van der Waals surface area contributed by atoms with E-state index >= 15 is 0 Å². The standard InChI is InChI=1S/C15H18N2O8/c1-9-2-3-10(16(5-12(18)19)6-13(20)21)4-11(9)17(7-14(22)23)8-15(24)25/h2-4H,5-8H2,1H3,(H,18,19)(H,20,21)(H,22,23)(H,24,25). The van der Waals surface area contributed by atoms with E-state index in [2.05, 4.69) is 0 Å². The minimum absolute atomic E-state index is 0.228. The van der Waals surface area contributed by atoms with Crippen LogP contribution in [0.2, 0.25) is 0 Å². The Kier molecular flexibility index (Phi) is 6.73. The molecule has 0 radical (unpaired) electrons. The molecule has 0 unspecified atom stereocenters. The molecule has 0 aromatic heterocycles. The Morgan fingerprint density at radius 3 is 1.56 bits per heavy atom. The third-order valence-corrected chi connectivity index (χ3v) is 3.20. The molecule has 0 heterocycles. The van der Waals surface area contributed by atoms with Gasteiger partial charge in [0.1, 0.15) is 26.2 Å². The van der Waals surface area contributed by atoms with Crippen molar-refractivity contribution in [1.82, 2.24) is 0 Å². The summed E-state index contributed by atoms with van der Waals surface area (Å²) in [6.45, 7) is -0.670. The van der Waals surface area contributed by atoms with E-state index in [0.717, 1.165) is 9.80 Å². The normalized spacial score (nSPS) is 10.1. The highest BCUT2D eigenvalue weighted by atomic mass is 16.4. The number of nitrogens with zero attached hydrogens (tertiary/aromatic N) is 2. The SMILES string of the molecule is Cc1ccc(N(CC(=O)O)CC(=O)O)cc1N(CC(=O)O)CC(=O)O. The summed E-state index contributed by atoms with van der Waals surface area (Å²) in [5, 5.41) is 35.8. The number of anilines is 2. The monoisotopic (exact) mass is 354 g/mol. The van der Waals surface area contributed by atoms with Crippen molar-refractivity contribution in [2.45, 2.75) is 6.92 Å². The van der Waals surface area contributed by atoms with Crippen LogP contribution < -0.4 is 9.80 Å². The van der Waals surface area contributed by atoms with Gasteiger partial charge in [-0.2, -0.15) is 0 Å². The largest absolute Gasteiger partial charge is 0.480 e. The van der Waals surface area contributed by atoms with Crippen LogP contribution in [0, 0.1) is 6.92 Å². The van der Waals surface area contributed by atoms with E-state index < -0.39 is 50.1 Å². The van der Waals surface area contributed by atoms with Crippen molar-refractivity contribution in [3.05, 3.63) is 23.8 Å². The Morgan fingerprint density at radius 2 is 1.16 bits per heavy atom. The Morgan fingerprint density at radius 1 is 0.760 bits per heavy atom. The van der Waals surface area contributed by atoms with Gasteiger partial charge in [-0.3, -0.25) is 19.2 Å². The van der Waals surface area contributed by atoms with Crippen LogP contribution in [0.4, 0.5) is 11.4 Å². The molecule has 136 valence electrons. The molecule has 0 atom stereocenters. The van der Waals surface area contributed by atoms with Gasteiger partial charge in [-0.05, 0) is 24.6 Å². The topological polar surface area (TPSA) is 156 Å². The molecule has 1 rings (SSSR count). The van der Waals surface area contributed by atoms with E-state index in [-0.39, 0.29) is 11.4 Å². The Bertz CT molecular complexity index is 656. The first kappa shape index (κ1) is 19.7. The zero-order valence-electron chi connectivity index (χ0n) is 13.4. The Balaban J connectivity index is 3.28. The van der Waals surface area contributed by atoms with Gasteiger partial charge < -0.3 is 30.2 Å². The molecule has 0 saturated heterocycles. The summed E-state index contributed by atoms with van der Waals surface area (Å²) in [5.74, 6) is -4.95. The fourth-order valence-electron chi connectivity index (χ4n) is 2.25. The van der Waals surface area contributed by atoms with Gasteiger partial charge in [0.2, 0.25) is 0 Å². The molecule has 0 spiro atoms. The first-order valence-corrected chi connectivity index (χ1v) is 7.08.